The number of anilines is 1. The van der Waals surface area contributed by atoms with E-state index in [1.807, 2.05) is 25.1 Å². The van der Waals surface area contributed by atoms with Crippen molar-refractivity contribution in [1.82, 2.24) is 4.90 Å². The summed E-state index contributed by atoms with van der Waals surface area (Å²) in [5, 5.41) is 0. The van der Waals surface area contributed by atoms with Gasteiger partial charge in [-0.15, -0.1) is 0 Å². The van der Waals surface area contributed by atoms with Crippen LogP contribution in [0.1, 0.15) is 12.5 Å². The van der Waals surface area contributed by atoms with Crippen LogP contribution in [0, 0.1) is 0 Å². The van der Waals surface area contributed by atoms with Gasteiger partial charge in [-0.1, -0.05) is 42.5 Å². The number of para-hydroxylation sites is 2. The first-order chi connectivity index (χ1) is 11.3. The van der Waals surface area contributed by atoms with E-state index in [1.165, 1.54) is 5.69 Å². The van der Waals surface area contributed by atoms with E-state index in [9.17, 15) is 0 Å². The molecule has 1 fully saturated rings. The SMILES string of the molecule is CCOc1ccccc1C(=S)N1CCN(c2ccccc2)CC1. The Kier molecular flexibility index (Phi) is 5.13. The Morgan fingerprint density at radius 1 is 0.957 bits per heavy atom. The molecule has 3 nitrogen and oxygen atoms in total. The first-order valence-electron chi connectivity index (χ1n) is 8.10. The molecule has 0 radical (unpaired) electrons. The molecule has 0 aromatic heterocycles. The van der Waals surface area contributed by atoms with Crippen LogP contribution in [0.3, 0.4) is 0 Å². The van der Waals surface area contributed by atoms with Crippen molar-refractivity contribution in [2.45, 2.75) is 6.92 Å². The molecule has 1 aliphatic heterocycles. The molecule has 1 heterocycles. The van der Waals surface area contributed by atoms with Crippen molar-refractivity contribution in [2.24, 2.45) is 0 Å². The van der Waals surface area contributed by atoms with Gasteiger partial charge >= 0.3 is 0 Å². The molecule has 0 N–H and O–H groups in total. The smallest absolute Gasteiger partial charge is 0.129 e. The lowest BCUT2D eigenvalue weighted by Gasteiger charge is -2.37. The van der Waals surface area contributed by atoms with E-state index in [1.54, 1.807) is 0 Å². The molecule has 0 amide bonds. The van der Waals surface area contributed by atoms with Gasteiger partial charge in [0.1, 0.15) is 10.7 Å². The zero-order valence-electron chi connectivity index (χ0n) is 13.4. The van der Waals surface area contributed by atoms with E-state index < -0.39 is 0 Å². The van der Waals surface area contributed by atoms with Crippen molar-refractivity contribution in [3.63, 3.8) is 0 Å². The number of ether oxygens (including phenoxy) is 1. The van der Waals surface area contributed by atoms with Crippen LogP contribution in [0.25, 0.3) is 0 Å². The minimum absolute atomic E-state index is 0.654. The number of rotatable bonds is 4. The van der Waals surface area contributed by atoms with Crippen molar-refractivity contribution in [1.29, 1.82) is 0 Å². The van der Waals surface area contributed by atoms with Crippen LogP contribution in [-0.4, -0.2) is 42.7 Å². The zero-order valence-corrected chi connectivity index (χ0v) is 14.3. The minimum atomic E-state index is 0.654. The first kappa shape index (κ1) is 15.8. The summed E-state index contributed by atoms with van der Waals surface area (Å²) in [6, 6.07) is 18.6. The Morgan fingerprint density at radius 3 is 2.30 bits per heavy atom. The maximum Gasteiger partial charge on any atom is 0.129 e. The van der Waals surface area contributed by atoms with Crippen molar-refractivity contribution in [2.75, 3.05) is 37.7 Å². The van der Waals surface area contributed by atoms with Crippen molar-refractivity contribution in [3.05, 3.63) is 60.2 Å². The van der Waals surface area contributed by atoms with Crippen LogP contribution < -0.4 is 9.64 Å². The largest absolute Gasteiger partial charge is 0.493 e. The van der Waals surface area contributed by atoms with Gasteiger partial charge in [-0.05, 0) is 31.2 Å². The molecule has 0 aliphatic carbocycles. The molecular weight excluding hydrogens is 304 g/mol. The quantitative estimate of drug-likeness (QED) is 0.798. The summed E-state index contributed by atoms with van der Waals surface area (Å²) in [6.07, 6.45) is 0. The second-order valence-corrected chi connectivity index (χ2v) is 5.93. The van der Waals surface area contributed by atoms with E-state index in [4.69, 9.17) is 17.0 Å². The van der Waals surface area contributed by atoms with E-state index in [0.717, 1.165) is 42.5 Å². The molecule has 2 aromatic carbocycles. The summed E-state index contributed by atoms with van der Waals surface area (Å²) in [7, 11) is 0. The van der Waals surface area contributed by atoms with Gasteiger partial charge in [-0.2, -0.15) is 0 Å². The molecule has 0 saturated carbocycles. The second-order valence-electron chi connectivity index (χ2n) is 5.54. The van der Waals surface area contributed by atoms with Crippen LogP contribution in [0.15, 0.2) is 54.6 Å². The zero-order chi connectivity index (χ0) is 16.1. The topological polar surface area (TPSA) is 15.7 Å². The standard InChI is InChI=1S/C19H22N2OS/c1-2-22-18-11-7-6-10-17(18)19(23)21-14-12-20(13-15-21)16-8-4-3-5-9-16/h3-11H,2,12-15H2,1H3. The van der Waals surface area contributed by atoms with Crippen LogP contribution in [-0.2, 0) is 0 Å². The van der Waals surface area contributed by atoms with Gasteiger partial charge < -0.3 is 14.5 Å². The third-order valence-electron chi connectivity index (χ3n) is 4.11. The number of thiocarbonyl (C=S) groups is 1. The number of benzene rings is 2. The summed E-state index contributed by atoms with van der Waals surface area (Å²) in [5.41, 5.74) is 2.31. The predicted octanol–water partition coefficient (Wildman–Crippen LogP) is 3.58. The normalized spacial score (nSPS) is 14.7. The molecule has 0 spiro atoms. The summed E-state index contributed by atoms with van der Waals surface area (Å²) in [4.78, 5) is 5.59. The van der Waals surface area contributed by atoms with E-state index >= 15 is 0 Å². The van der Waals surface area contributed by atoms with Crippen LogP contribution in [0.4, 0.5) is 5.69 Å². The van der Waals surface area contributed by atoms with Crippen molar-refractivity contribution < 1.29 is 4.74 Å². The number of hydrogen-bond acceptors (Lipinski definition) is 3. The highest BCUT2D eigenvalue weighted by Gasteiger charge is 2.21. The second kappa shape index (κ2) is 7.47. The number of nitrogens with zero attached hydrogens (tertiary/aromatic N) is 2. The molecule has 3 rings (SSSR count). The summed E-state index contributed by atoms with van der Waals surface area (Å²) < 4.78 is 5.71. The Hall–Kier alpha value is -2.07. The van der Waals surface area contributed by atoms with Crippen molar-refractivity contribution in [3.8, 4) is 5.75 Å². The molecule has 0 unspecified atom stereocenters. The Balaban J connectivity index is 1.67. The fourth-order valence-corrected chi connectivity index (χ4v) is 3.25. The Labute approximate surface area is 143 Å². The minimum Gasteiger partial charge on any atom is -0.493 e. The van der Waals surface area contributed by atoms with Gasteiger partial charge in [0.25, 0.3) is 0 Å². The molecule has 1 aliphatic rings. The third-order valence-corrected chi connectivity index (χ3v) is 4.58. The first-order valence-corrected chi connectivity index (χ1v) is 8.51. The van der Waals surface area contributed by atoms with Gasteiger partial charge in [0.2, 0.25) is 0 Å². The molecular formula is C19H22N2OS. The number of hydrogen-bond donors (Lipinski definition) is 0. The molecule has 4 heteroatoms. The summed E-state index contributed by atoms with van der Waals surface area (Å²) in [6.45, 7) is 6.50. The van der Waals surface area contributed by atoms with Gasteiger partial charge in [0.05, 0.1) is 12.2 Å². The Morgan fingerprint density at radius 2 is 1.61 bits per heavy atom. The molecule has 120 valence electrons. The van der Waals surface area contributed by atoms with Gasteiger partial charge in [-0.25, -0.2) is 0 Å². The highest BCUT2D eigenvalue weighted by atomic mass is 32.1. The monoisotopic (exact) mass is 326 g/mol. The van der Waals surface area contributed by atoms with Crippen LogP contribution >= 0.6 is 12.2 Å². The molecule has 2 aromatic rings. The maximum absolute atomic E-state index is 5.72. The molecule has 1 saturated heterocycles. The molecule has 23 heavy (non-hydrogen) atoms. The summed E-state index contributed by atoms with van der Waals surface area (Å²) >= 11 is 5.72. The van der Waals surface area contributed by atoms with Gasteiger partial charge in [0, 0.05) is 31.9 Å². The third kappa shape index (κ3) is 3.64. The van der Waals surface area contributed by atoms with E-state index in [-0.39, 0.29) is 0 Å². The molecule has 0 atom stereocenters. The average molecular weight is 326 g/mol. The van der Waals surface area contributed by atoms with Crippen LogP contribution in [0.2, 0.25) is 0 Å². The van der Waals surface area contributed by atoms with Crippen molar-refractivity contribution >= 4 is 22.9 Å². The fraction of sp³-hybridized carbons (Fsp3) is 0.316. The van der Waals surface area contributed by atoms with Crippen LogP contribution in [0.5, 0.6) is 5.75 Å². The van der Waals surface area contributed by atoms with Gasteiger partial charge in [-0.3, -0.25) is 0 Å². The van der Waals surface area contributed by atoms with E-state index in [0.29, 0.717) is 6.61 Å². The lowest BCUT2D eigenvalue weighted by Crippen LogP contribution is -2.48. The Bertz CT molecular complexity index is 651. The fourth-order valence-electron chi connectivity index (χ4n) is 2.90. The highest BCUT2D eigenvalue weighted by Crippen LogP contribution is 2.22. The summed E-state index contributed by atoms with van der Waals surface area (Å²) in [5.74, 6) is 0.880. The lowest BCUT2D eigenvalue weighted by atomic mass is 10.1. The molecule has 0 bridgehead atoms. The maximum atomic E-state index is 5.72. The highest BCUT2D eigenvalue weighted by molar-refractivity contribution is 7.80. The lowest BCUT2D eigenvalue weighted by molar-refractivity contribution is 0.337. The van der Waals surface area contributed by atoms with E-state index in [2.05, 4.69) is 46.2 Å². The predicted molar refractivity (Wildman–Crippen MR) is 99.5 cm³/mol. The number of piperazine rings is 1. The average Bonchev–Trinajstić information content (AvgIpc) is 2.63. The van der Waals surface area contributed by atoms with Gasteiger partial charge in [0.15, 0.2) is 0 Å².